The Morgan fingerprint density at radius 1 is 0.565 bits per heavy atom. The van der Waals surface area contributed by atoms with Crippen LogP contribution < -0.4 is 0 Å². The first-order valence-electron chi connectivity index (χ1n) is 9.44. The zero-order valence-electron chi connectivity index (χ0n) is 14.9. The lowest BCUT2D eigenvalue weighted by Crippen LogP contribution is -2.28. The molecule has 124 valence electrons. The molecule has 0 bridgehead atoms. The second-order valence-corrected chi connectivity index (χ2v) is 6.73. The zero-order chi connectivity index (χ0) is 16.4. The average Bonchev–Trinajstić information content (AvgIpc) is 2.63. The fourth-order valence-corrected chi connectivity index (χ4v) is 3.72. The predicted octanol–water partition coefficient (Wildman–Crippen LogP) is 7.13. The summed E-state index contributed by atoms with van der Waals surface area (Å²) in [6.07, 6.45) is 10.4. The second kappa shape index (κ2) is 9.55. The molecule has 0 aliphatic rings. The van der Waals surface area contributed by atoms with Crippen molar-refractivity contribution in [3.8, 4) is 0 Å². The molecule has 2 aromatic carbocycles. The smallest absolute Gasteiger partial charge is 0.0202 e. The molecule has 0 amide bonds. The maximum atomic E-state index is 2.34. The van der Waals surface area contributed by atoms with Crippen molar-refractivity contribution in [2.45, 2.75) is 70.6 Å². The van der Waals surface area contributed by atoms with Crippen LogP contribution in [0.15, 0.2) is 60.7 Å². The molecule has 0 aliphatic carbocycles. The van der Waals surface area contributed by atoms with E-state index < -0.39 is 0 Å². The van der Waals surface area contributed by atoms with E-state index in [2.05, 4.69) is 74.5 Å². The highest BCUT2D eigenvalue weighted by atomic mass is 14.4. The summed E-state index contributed by atoms with van der Waals surface area (Å²) in [4.78, 5) is 0. The highest BCUT2D eigenvalue weighted by Crippen LogP contribution is 2.41. The summed E-state index contributed by atoms with van der Waals surface area (Å²) < 4.78 is 0. The lowest BCUT2D eigenvalue weighted by molar-refractivity contribution is 0.399. The lowest BCUT2D eigenvalue weighted by atomic mass is 9.68. The van der Waals surface area contributed by atoms with E-state index >= 15 is 0 Å². The van der Waals surface area contributed by atoms with E-state index in [1.54, 1.807) is 0 Å². The van der Waals surface area contributed by atoms with Crippen LogP contribution in [0.2, 0.25) is 0 Å². The van der Waals surface area contributed by atoms with E-state index in [0.29, 0.717) is 0 Å². The molecule has 0 fully saturated rings. The van der Waals surface area contributed by atoms with Crippen LogP contribution in [0.5, 0.6) is 0 Å². The maximum absolute atomic E-state index is 2.34. The summed E-state index contributed by atoms with van der Waals surface area (Å²) in [7, 11) is 0. The Morgan fingerprint density at radius 3 is 1.52 bits per heavy atom. The second-order valence-electron chi connectivity index (χ2n) is 6.73. The van der Waals surface area contributed by atoms with E-state index in [1.807, 2.05) is 0 Å². The van der Waals surface area contributed by atoms with Crippen molar-refractivity contribution in [3.05, 3.63) is 71.8 Å². The largest absolute Gasteiger partial charge is 0.0654 e. The Morgan fingerprint density at radius 2 is 1.04 bits per heavy atom. The summed E-state index contributed by atoms with van der Waals surface area (Å²) in [6.45, 7) is 4.59. The molecular formula is C23H32. The van der Waals surface area contributed by atoms with Gasteiger partial charge in [-0.25, -0.2) is 0 Å². The van der Waals surface area contributed by atoms with E-state index in [0.717, 1.165) is 0 Å². The van der Waals surface area contributed by atoms with Crippen molar-refractivity contribution >= 4 is 0 Å². The molecule has 23 heavy (non-hydrogen) atoms. The average molecular weight is 309 g/mol. The van der Waals surface area contributed by atoms with Crippen LogP contribution in [0.3, 0.4) is 0 Å². The standard InChI is InChI=1S/C23H32/c1-3-5-7-14-20-23(19-6-4-2,21-15-10-8-11-16-21)22-17-12-9-13-18-22/h8-13,15-18H,3-7,14,19-20H2,1-2H3. The van der Waals surface area contributed by atoms with Gasteiger partial charge in [-0.05, 0) is 24.0 Å². The first kappa shape index (κ1) is 17.8. The molecule has 0 radical (unpaired) electrons. The van der Waals surface area contributed by atoms with Gasteiger partial charge >= 0.3 is 0 Å². The first-order valence-corrected chi connectivity index (χ1v) is 9.44. The SMILES string of the molecule is CCCCCCC(CCCC)(c1ccccc1)c1ccccc1. The Balaban J connectivity index is 2.36. The van der Waals surface area contributed by atoms with Crippen molar-refractivity contribution in [2.75, 3.05) is 0 Å². The third-order valence-electron chi connectivity index (χ3n) is 5.07. The molecule has 0 heterocycles. The molecular weight excluding hydrogens is 276 g/mol. The van der Waals surface area contributed by atoms with Crippen LogP contribution in [0.4, 0.5) is 0 Å². The van der Waals surface area contributed by atoms with E-state index in [4.69, 9.17) is 0 Å². The van der Waals surface area contributed by atoms with Gasteiger partial charge in [0.05, 0.1) is 0 Å². The van der Waals surface area contributed by atoms with Gasteiger partial charge < -0.3 is 0 Å². The Labute approximate surface area is 143 Å². The van der Waals surface area contributed by atoms with Gasteiger partial charge in [0.25, 0.3) is 0 Å². The van der Waals surface area contributed by atoms with Crippen LogP contribution in [-0.2, 0) is 5.41 Å². The maximum Gasteiger partial charge on any atom is 0.0202 e. The van der Waals surface area contributed by atoms with E-state index in [-0.39, 0.29) is 5.41 Å². The summed E-state index contributed by atoms with van der Waals surface area (Å²) in [5, 5.41) is 0. The Hall–Kier alpha value is -1.56. The van der Waals surface area contributed by atoms with Gasteiger partial charge in [-0.15, -0.1) is 0 Å². The van der Waals surface area contributed by atoms with Crippen molar-refractivity contribution in [1.82, 2.24) is 0 Å². The molecule has 0 aliphatic heterocycles. The number of hydrogen-bond donors (Lipinski definition) is 0. The quantitative estimate of drug-likeness (QED) is 0.409. The van der Waals surface area contributed by atoms with Crippen molar-refractivity contribution in [1.29, 1.82) is 0 Å². The molecule has 0 saturated heterocycles. The Bertz CT molecular complexity index is 487. The molecule has 2 aromatic rings. The summed E-state index contributed by atoms with van der Waals surface area (Å²) in [5.74, 6) is 0. The van der Waals surface area contributed by atoms with Gasteiger partial charge in [-0.2, -0.15) is 0 Å². The topological polar surface area (TPSA) is 0 Å². The van der Waals surface area contributed by atoms with Crippen LogP contribution in [0, 0.1) is 0 Å². The lowest BCUT2D eigenvalue weighted by Gasteiger charge is -2.36. The number of hydrogen-bond acceptors (Lipinski definition) is 0. The number of unbranched alkanes of at least 4 members (excludes halogenated alkanes) is 4. The summed E-state index contributed by atoms with van der Waals surface area (Å²) in [5.41, 5.74) is 3.18. The molecule has 0 heteroatoms. The third kappa shape index (κ3) is 4.70. The van der Waals surface area contributed by atoms with Crippen LogP contribution in [0.25, 0.3) is 0 Å². The predicted molar refractivity (Wildman–Crippen MR) is 102 cm³/mol. The van der Waals surface area contributed by atoms with Crippen LogP contribution in [-0.4, -0.2) is 0 Å². The van der Waals surface area contributed by atoms with Crippen LogP contribution >= 0.6 is 0 Å². The molecule has 0 unspecified atom stereocenters. The molecule has 0 saturated carbocycles. The molecule has 0 aromatic heterocycles. The van der Waals surface area contributed by atoms with Crippen molar-refractivity contribution < 1.29 is 0 Å². The first-order chi connectivity index (χ1) is 11.3. The van der Waals surface area contributed by atoms with E-state index in [1.165, 1.54) is 62.5 Å². The molecule has 0 spiro atoms. The van der Waals surface area contributed by atoms with Crippen molar-refractivity contribution in [3.63, 3.8) is 0 Å². The van der Waals surface area contributed by atoms with Gasteiger partial charge in [0.1, 0.15) is 0 Å². The highest BCUT2D eigenvalue weighted by molar-refractivity contribution is 5.39. The molecule has 0 N–H and O–H groups in total. The molecule has 2 rings (SSSR count). The zero-order valence-corrected chi connectivity index (χ0v) is 14.9. The minimum absolute atomic E-state index is 0.187. The minimum Gasteiger partial charge on any atom is -0.0654 e. The van der Waals surface area contributed by atoms with Gasteiger partial charge in [0, 0.05) is 5.41 Å². The summed E-state index contributed by atoms with van der Waals surface area (Å²) >= 11 is 0. The van der Waals surface area contributed by atoms with Gasteiger partial charge in [0.15, 0.2) is 0 Å². The normalized spacial score (nSPS) is 11.6. The molecule has 0 nitrogen and oxygen atoms in total. The number of benzene rings is 2. The number of rotatable bonds is 10. The highest BCUT2D eigenvalue weighted by Gasteiger charge is 2.32. The van der Waals surface area contributed by atoms with Gasteiger partial charge in [-0.3, -0.25) is 0 Å². The minimum atomic E-state index is 0.187. The summed E-state index contributed by atoms with van der Waals surface area (Å²) in [6, 6.07) is 22.4. The monoisotopic (exact) mass is 308 g/mol. The van der Waals surface area contributed by atoms with Crippen LogP contribution in [0.1, 0.15) is 76.3 Å². The van der Waals surface area contributed by atoms with E-state index in [9.17, 15) is 0 Å². The van der Waals surface area contributed by atoms with Gasteiger partial charge in [0.2, 0.25) is 0 Å². The fourth-order valence-electron chi connectivity index (χ4n) is 3.72. The fraction of sp³-hybridized carbons (Fsp3) is 0.478. The third-order valence-corrected chi connectivity index (χ3v) is 5.07. The Kier molecular flexibility index (Phi) is 7.39. The van der Waals surface area contributed by atoms with Crippen molar-refractivity contribution in [2.24, 2.45) is 0 Å². The molecule has 0 atom stereocenters. The van der Waals surface area contributed by atoms with Gasteiger partial charge in [-0.1, -0.05) is 113 Å².